The lowest BCUT2D eigenvalue weighted by atomic mass is 10.0. The second-order valence-electron chi connectivity index (χ2n) is 4.85. The molecule has 0 saturated heterocycles. The lowest BCUT2D eigenvalue weighted by Gasteiger charge is -2.12. The molecule has 0 aliphatic rings. The van der Waals surface area contributed by atoms with Gasteiger partial charge in [0, 0.05) is 12.7 Å². The summed E-state index contributed by atoms with van der Waals surface area (Å²) in [5, 5.41) is 21.9. The summed E-state index contributed by atoms with van der Waals surface area (Å²) in [6.45, 7) is 4.48. The molecule has 0 aromatic carbocycles. The summed E-state index contributed by atoms with van der Waals surface area (Å²) < 4.78 is 1.79. The summed E-state index contributed by atoms with van der Waals surface area (Å²) in [5.41, 5.74) is 3.28. The Morgan fingerprint density at radius 1 is 1.27 bits per heavy atom. The van der Waals surface area contributed by atoms with Crippen molar-refractivity contribution in [1.82, 2.24) is 14.8 Å². The number of aromatic nitrogens is 3. The van der Waals surface area contributed by atoms with Gasteiger partial charge >= 0.3 is 0 Å². The normalized spacial score (nSPS) is 10.5. The molecular formula is C15H17Cl2N5. The highest BCUT2D eigenvalue weighted by Gasteiger charge is 2.15. The third-order valence-electron chi connectivity index (χ3n) is 3.61. The predicted molar refractivity (Wildman–Crippen MR) is 88.3 cm³/mol. The summed E-state index contributed by atoms with van der Waals surface area (Å²) in [6, 6.07) is 4.02. The fourth-order valence-corrected chi connectivity index (χ4v) is 2.77. The first kappa shape index (κ1) is 16.6. The van der Waals surface area contributed by atoms with Crippen molar-refractivity contribution in [3.05, 3.63) is 38.8 Å². The number of aryl methyl sites for hydroxylation is 1. The third kappa shape index (κ3) is 3.03. The number of halogens is 2. The van der Waals surface area contributed by atoms with Gasteiger partial charge in [-0.1, -0.05) is 37.0 Å². The van der Waals surface area contributed by atoms with Gasteiger partial charge in [0.25, 0.3) is 0 Å². The highest BCUT2D eigenvalue weighted by atomic mass is 35.5. The maximum Gasteiger partial charge on any atom is 0.167 e. The Morgan fingerprint density at radius 2 is 2.00 bits per heavy atom. The van der Waals surface area contributed by atoms with Crippen LogP contribution in [0.4, 0.5) is 5.82 Å². The molecule has 2 rings (SSSR count). The largest absolute Gasteiger partial charge is 0.362 e. The van der Waals surface area contributed by atoms with Crippen LogP contribution in [-0.2, 0) is 26.4 Å². The molecule has 0 aliphatic heterocycles. The molecule has 2 aromatic rings. The molecule has 0 amide bonds. The Labute approximate surface area is 139 Å². The van der Waals surface area contributed by atoms with E-state index in [-0.39, 0.29) is 0 Å². The Hall–Kier alpha value is -1.77. The van der Waals surface area contributed by atoms with Crippen molar-refractivity contribution >= 4 is 29.0 Å². The zero-order chi connectivity index (χ0) is 16.3. The summed E-state index contributed by atoms with van der Waals surface area (Å²) in [5.74, 6) is 0.491. The fraction of sp³-hybridized carbons (Fsp3) is 0.400. The van der Waals surface area contributed by atoms with Crippen LogP contribution in [0.1, 0.15) is 36.4 Å². The molecular weight excluding hydrogens is 321 g/mol. The molecule has 2 heterocycles. The molecule has 0 bridgehead atoms. The van der Waals surface area contributed by atoms with E-state index < -0.39 is 0 Å². The average Bonchev–Trinajstić information content (AvgIpc) is 2.78. The zero-order valence-corrected chi connectivity index (χ0v) is 14.3. The lowest BCUT2D eigenvalue weighted by molar-refractivity contribution is 0.828. The van der Waals surface area contributed by atoms with Crippen molar-refractivity contribution < 1.29 is 0 Å². The second kappa shape index (κ2) is 6.99. The van der Waals surface area contributed by atoms with Gasteiger partial charge in [0.15, 0.2) is 5.82 Å². The van der Waals surface area contributed by atoms with E-state index in [1.54, 1.807) is 10.6 Å². The van der Waals surface area contributed by atoms with Crippen LogP contribution >= 0.6 is 23.2 Å². The van der Waals surface area contributed by atoms with E-state index in [0.717, 1.165) is 29.8 Å². The minimum absolute atomic E-state index is 0.459. The Bertz CT molecular complexity index is 731. The molecule has 0 spiro atoms. The van der Waals surface area contributed by atoms with Crippen molar-refractivity contribution in [3.8, 4) is 6.07 Å². The van der Waals surface area contributed by atoms with Gasteiger partial charge in [0.05, 0.1) is 17.3 Å². The highest BCUT2D eigenvalue weighted by molar-refractivity contribution is 6.41. The summed E-state index contributed by atoms with van der Waals surface area (Å²) >= 11 is 12.1. The molecule has 0 fully saturated rings. The summed E-state index contributed by atoms with van der Waals surface area (Å²) in [7, 11) is 1.83. The van der Waals surface area contributed by atoms with Crippen molar-refractivity contribution in [2.24, 2.45) is 7.05 Å². The molecule has 0 aliphatic carbocycles. The van der Waals surface area contributed by atoms with Gasteiger partial charge in [-0.15, -0.1) is 5.10 Å². The first-order valence-corrected chi connectivity index (χ1v) is 7.80. The van der Waals surface area contributed by atoms with Gasteiger partial charge < -0.3 is 9.88 Å². The van der Waals surface area contributed by atoms with E-state index in [4.69, 9.17) is 23.2 Å². The van der Waals surface area contributed by atoms with Crippen LogP contribution in [0.25, 0.3) is 0 Å². The zero-order valence-electron chi connectivity index (χ0n) is 12.7. The number of hydrogen-bond donors (Lipinski definition) is 1. The molecule has 1 N–H and O–H groups in total. The first-order valence-electron chi connectivity index (χ1n) is 7.05. The smallest absolute Gasteiger partial charge is 0.167 e. The molecule has 0 saturated carbocycles. The summed E-state index contributed by atoms with van der Waals surface area (Å²) in [6.07, 6.45) is 1.51. The maximum atomic E-state index is 9.45. The molecule has 0 radical (unpaired) electrons. The van der Waals surface area contributed by atoms with Crippen molar-refractivity contribution in [1.29, 1.82) is 5.26 Å². The van der Waals surface area contributed by atoms with E-state index in [2.05, 4.69) is 21.6 Å². The van der Waals surface area contributed by atoms with Gasteiger partial charge in [-0.25, -0.2) is 0 Å². The molecule has 0 unspecified atom stereocenters. The van der Waals surface area contributed by atoms with Crippen LogP contribution in [0.5, 0.6) is 0 Å². The lowest BCUT2D eigenvalue weighted by Crippen LogP contribution is -2.11. The molecule has 22 heavy (non-hydrogen) atoms. The maximum absolute atomic E-state index is 9.45. The molecule has 2 aromatic heterocycles. The van der Waals surface area contributed by atoms with Crippen LogP contribution in [0.15, 0.2) is 6.07 Å². The summed E-state index contributed by atoms with van der Waals surface area (Å²) in [4.78, 5) is 0. The van der Waals surface area contributed by atoms with Gasteiger partial charge in [-0.3, -0.25) is 0 Å². The van der Waals surface area contributed by atoms with E-state index in [1.807, 2.05) is 20.9 Å². The SMILES string of the molecule is CCc1nnc(NCc2cc(Cl)c(Cl)n2C)c(C#N)c1CC. The van der Waals surface area contributed by atoms with Gasteiger partial charge in [-0.2, -0.15) is 10.4 Å². The van der Waals surface area contributed by atoms with Crippen LogP contribution in [0, 0.1) is 11.3 Å². The quantitative estimate of drug-likeness (QED) is 0.902. The number of hydrogen-bond acceptors (Lipinski definition) is 4. The van der Waals surface area contributed by atoms with Crippen molar-refractivity contribution in [3.63, 3.8) is 0 Å². The van der Waals surface area contributed by atoms with E-state index in [0.29, 0.717) is 28.1 Å². The topological polar surface area (TPSA) is 66.5 Å². The highest BCUT2D eigenvalue weighted by Crippen LogP contribution is 2.26. The van der Waals surface area contributed by atoms with Gasteiger partial charge in [-0.05, 0) is 24.5 Å². The van der Waals surface area contributed by atoms with Crippen LogP contribution < -0.4 is 5.32 Å². The molecule has 116 valence electrons. The Morgan fingerprint density at radius 3 is 2.50 bits per heavy atom. The van der Waals surface area contributed by atoms with Crippen LogP contribution in [0.3, 0.4) is 0 Å². The minimum Gasteiger partial charge on any atom is -0.362 e. The Kier molecular flexibility index (Phi) is 5.28. The van der Waals surface area contributed by atoms with Gasteiger partial charge in [0.1, 0.15) is 16.8 Å². The number of nitriles is 1. The van der Waals surface area contributed by atoms with Gasteiger partial charge in [0.2, 0.25) is 0 Å². The number of nitrogens with zero attached hydrogens (tertiary/aromatic N) is 4. The number of anilines is 1. The molecule has 0 atom stereocenters. The monoisotopic (exact) mass is 337 g/mol. The standard InChI is InChI=1S/C15H17Cl2N5/c1-4-10-11(7-18)15(21-20-13(10)5-2)19-8-9-6-12(16)14(17)22(9)3/h6H,4-5,8H2,1-3H3,(H,19,21). The molecule has 7 heteroatoms. The third-order valence-corrected chi connectivity index (χ3v) is 4.45. The van der Waals surface area contributed by atoms with Crippen molar-refractivity contribution in [2.45, 2.75) is 33.2 Å². The second-order valence-corrected chi connectivity index (χ2v) is 5.62. The van der Waals surface area contributed by atoms with Crippen LogP contribution in [0.2, 0.25) is 10.2 Å². The van der Waals surface area contributed by atoms with Crippen molar-refractivity contribution in [2.75, 3.05) is 5.32 Å². The average molecular weight is 338 g/mol. The number of nitrogens with one attached hydrogen (secondary N) is 1. The Balaban J connectivity index is 2.30. The van der Waals surface area contributed by atoms with E-state index >= 15 is 0 Å². The van der Waals surface area contributed by atoms with E-state index in [1.165, 1.54) is 0 Å². The van der Waals surface area contributed by atoms with E-state index in [9.17, 15) is 5.26 Å². The first-order chi connectivity index (χ1) is 10.5. The molecule has 5 nitrogen and oxygen atoms in total. The fourth-order valence-electron chi connectivity index (χ4n) is 2.35. The van der Waals surface area contributed by atoms with Crippen LogP contribution in [-0.4, -0.2) is 14.8 Å². The predicted octanol–water partition coefficient (Wildman–Crippen LogP) is 3.73. The number of rotatable bonds is 5. The minimum atomic E-state index is 0.459.